The summed E-state index contributed by atoms with van der Waals surface area (Å²) in [6.45, 7) is 1.02. The lowest BCUT2D eigenvalue weighted by Gasteiger charge is -2.25. The Morgan fingerprint density at radius 3 is 2.62 bits per heavy atom. The maximum absolute atomic E-state index is 9.29. The van der Waals surface area contributed by atoms with Crippen LogP contribution >= 0.6 is 0 Å². The molecular formula is C15H18N4O2. The van der Waals surface area contributed by atoms with Crippen LogP contribution in [0.1, 0.15) is 11.3 Å². The fourth-order valence-corrected chi connectivity index (χ4v) is 2.11. The van der Waals surface area contributed by atoms with Crippen LogP contribution in [0.2, 0.25) is 0 Å². The fraction of sp³-hybridized carbons (Fsp3) is 0.200. The van der Waals surface area contributed by atoms with Crippen molar-refractivity contribution >= 4 is 11.5 Å². The summed E-state index contributed by atoms with van der Waals surface area (Å²) < 4.78 is 0. The summed E-state index contributed by atoms with van der Waals surface area (Å²) in [5.41, 5.74) is 7.87. The topological polar surface area (TPSA) is 95.0 Å². The second-order valence-electron chi connectivity index (χ2n) is 4.49. The van der Waals surface area contributed by atoms with Crippen LogP contribution in [0.4, 0.5) is 5.69 Å². The SMILES string of the molecule is N/C(=N/O)c1ncccc1N(CCO)Cc1ccccc1. The van der Waals surface area contributed by atoms with Gasteiger partial charge in [-0.1, -0.05) is 35.5 Å². The Morgan fingerprint density at radius 2 is 1.95 bits per heavy atom. The molecule has 0 fully saturated rings. The highest BCUT2D eigenvalue weighted by atomic mass is 16.4. The molecule has 0 bridgehead atoms. The molecular weight excluding hydrogens is 268 g/mol. The lowest BCUT2D eigenvalue weighted by molar-refractivity contribution is 0.301. The predicted octanol–water partition coefficient (Wildman–Crippen LogP) is 1.17. The number of nitrogens with zero attached hydrogens (tertiary/aromatic N) is 3. The molecule has 0 unspecified atom stereocenters. The van der Waals surface area contributed by atoms with Gasteiger partial charge in [-0.25, -0.2) is 0 Å². The number of rotatable bonds is 6. The van der Waals surface area contributed by atoms with Crippen LogP contribution in [0.3, 0.4) is 0 Å². The summed E-state index contributed by atoms with van der Waals surface area (Å²) in [7, 11) is 0. The number of anilines is 1. The van der Waals surface area contributed by atoms with Crippen LogP contribution in [0.5, 0.6) is 0 Å². The minimum Gasteiger partial charge on any atom is -0.409 e. The van der Waals surface area contributed by atoms with E-state index >= 15 is 0 Å². The highest BCUT2D eigenvalue weighted by Gasteiger charge is 2.15. The maximum atomic E-state index is 9.29. The van der Waals surface area contributed by atoms with Crippen molar-refractivity contribution in [3.63, 3.8) is 0 Å². The normalized spacial score (nSPS) is 11.4. The molecule has 21 heavy (non-hydrogen) atoms. The minimum absolute atomic E-state index is 0.00264. The van der Waals surface area contributed by atoms with E-state index in [1.807, 2.05) is 41.3 Å². The van der Waals surface area contributed by atoms with Gasteiger partial charge in [0.2, 0.25) is 0 Å². The maximum Gasteiger partial charge on any atom is 0.190 e. The quantitative estimate of drug-likeness (QED) is 0.321. The number of oxime groups is 1. The van der Waals surface area contributed by atoms with Crippen molar-refractivity contribution in [1.29, 1.82) is 0 Å². The van der Waals surface area contributed by atoms with Crippen molar-refractivity contribution < 1.29 is 10.3 Å². The molecule has 2 rings (SSSR count). The van der Waals surface area contributed by atoms with Gasteiger partial charge in [-0.15, -0.1) is 0 Å². The predicted molar refractivity (Wildman–Crippen MR) is 81.3 cm³/mol. The lowest BCUT2D eigenvalue weighted by Crippen LogP contribution is -2.29. The van der Waals surface area contributed by atoms with Crippen molar-refractivity contribution in [3.8, 4) is 0 Å². The average molecular weight is 286 g/mol. The molecule has 0 aliphatic carbocycles. The Kier molecular flexibility index (Phi) is 5.11. The molecule has 2 aromatic rings. The van der Waals surface area contributed by atoms with E-state index in [2.05, 4.69) is 10.1 Å². The number of amidine groups is 1. The molecule has 0 amide bonds. The van der Waals surface area contributed by atoms with Gasteiger partial charge >= 0.3 is 0 Å². The molecule has 1 aromatic heterocycles. The molecule has 1 aromatic carbocycles. The number of aromatic nitrogens is 1. The zero-order chi connectivity index (χ0) is 15.1. The molecule has 0 aliphatic rings. The second-order valence-corrected chi connectivity index (χ2v) is 4.49. The van der Waals surface area contributed by atoms with E-state index < -0.39 is 0 Å². The van der Waals surface area contributed by atoms with Crippen LogP contribution in [-0.2, 0) is 6.54 Å². The first-order chi connectivity index (χ1) is 10.3. The van der Waals surface area contributed by atoms with E-state index in [0.717, 1.165) is 5.56 Å². The summed E-state index contributed by atoms with van der Waals surface area (Å²) in [6, 6.07) is 13.5. The summed E-state index contributed by atoms with van der Waals surface area (Å²) >= 11 is 0. The number of nitrogens with two attached hydrogens (primary N) is 1. The number of aliphatic hydroxyl groups excluding tert-OH is 1. The molecule has 0 atom stereocenters. The molecule has 0 aliphatic heterocycles. The van der Waals surface area contributed by atoms with Crippen LogP contribution in [0.15, 0.2) is 53.8 Å². The van der Waals surface area contributed by atoms with Gasteiger partial charge in [0.25, 0.3) is 0 Å². The third-order valence-corrected chi connectivity index (χ3v) is 3.06. The van der Waals surface area contributed by atoms with Gasteiger partial charge in [0.1, 0.15) is 5.69 Å². The first-order valence-electron chi connectivity index (χ1n) is 6.59. The van der Waals surface area contributed by atoms with Gasteiger partial charge in [0.05, 0.1) is 12.3 Å². The average Bonchev–Trinajstić information content (AvgIpc) is 2.55. The summed E-state index contributed by atoms with van der Waals surface area (Å²) in [6.07, 6.45) is 1.58. The number of hydrogen-bond acceptors (Lipinski definition) is 5. The summed E-state index contributed by atoms with van der Waals surface area (Å²) in [4.78, 5) is 6.10. The van der Waals surface area contributed by atoms with E-state index in [9.17, 15) is 5.11 Å². The number of hydrogen-bond donors (Lipinski definition) is 3. The van der Waals surface area contributed by atoms with Crippen LogP contribution < -0.4 is 10.6 Å². The first kappa shape index (κ1) is 14.8. The number of benzene rings is 1. The number of aliphatic hydroxyl groups is 1. The Morgan fingerprint density at radius 1 is 1.19 bits per heavy atom. The smallest absolute Gasteiger partial charge is 0.190 e. The summed E-state index contributed by atoms with van der Waals surface area (Å²) in [5, 5.41) is 21.2. The van der Waals surface area contributed by atoms with Gasteiger partial charge in [0.15, 0.2) is 5.84 Å². The Hall–Kier alpha value is -2.60. The first-order valence-corrected chi connectivity index (χ1v) is 6.59. The molecule has 110 valence electrons. The van der Waals surface area contributed by atoms with Crippen molar-refractivity contribution in [2.24, 2.45) is 10.9 Å². The standard InChI is InChI=1S/C15H18N4O2/c16-15(18-21)14-13(7-4-8-17-14)19(9-10-20)11-12-5-2-1-3-6-12/h1-8,20-21H,9-11H2,(H2,16,18). The highest BCUT2D eigenvalue weighted by molar-refractivity contribution is 6.00. The molecule has 1 heterocycles. The lowest BCUT2D eigenvalue weighted by atomic mass is 10.2. The minimum atomic E-state index is -0.0541. The molecule has 0 radical (unpaired) electrons. The largest absolute Gasteiger partial charge is 0.409 e. The zero-order valence-electron chi connectivity index (χ0n) is 11.6. The summed E-state index contributed by atoms with van der Waals surface area (Å²) in [5.74, 6) is -0.0541. The van der Waals surface area contributed by atoms with Crippen LogP contribution in [0, 0.1) is 0 Å². The fourth-order valence-electron chi connectivity index (χ4n) is 2.11. The van der Waals surface area contributed by atoms with Gasteiger partial charge in [-0.2, -0.15) is 0 Å². The van der Waals surface area contributed by atoms with Gasteiger partial charge in [-0.3, -0.25) is 4.98 Å². The second kappa shape index (κ2) is 7.25. The third kappa shape index (κ3) is 3.70. The van der Waals surface area contributed by atoms with Gasteiger partial charge in [0, 0.05) is 19.3 Å². The molecule has 6 nitrogen and oxygen atoms in total. The Labute approximate surface area is 123 Å². The highest BCUT2D eigenvalue weighted by Crippen LogP contribution is 2.20. The Balaban J connectivity index is 2.34. The molecule has 0 saturated carbocycles. The Bertz CT molecular complexity index is 602. The zero-order valence-corrected chi connectivity index (χ0v) is 11.6. The molecule has 0 saturated heterocycles. The molecule has 0 spiro atoms. The monoisotopic (exact) mass is 286 g/mol. The van der Waals surface area contributed by atoms with E-state index in [-0.39, 0.29) is 12.4 Å². The van der Waals surface area contributed by atoms with Crippen molar-refractivity contribution in [1.82, 2.24) is 4.98 Å². The molecule has 6 heteroatoms. The van der Waals surface area contributed by atoms with E-state index in [1.54, 1.807) is 12.3 Å². The molecule has 4 N–H and O–H groups in total. The third-order valence-electron chi connectivity index (χ3n) is 3.06. The van der Waals surface area contributed by atoms with Crippen LogP contribution in [0.25, 0.3) is 0 Å². The van der Waals surface area contributed by atoms with Crippen molar-refractivity contribution in [2.75, 3.05) is 18.1 Å². The van der Waals surface area contributed by atoms with E-state index in [0.29, 0.717) is 24.5 Å². The van der Waals surface area contributed by atoms with E-state index in [4.69, 9.17) is 10.9 Å². The van der Waals surface area contributed by atoms with Crippen molar-refractivity contribution in [3.05, 3.63) is 59.9 Å². The van der Waals surface area contributed by atoms with E-state index in [1.165, 1.54) is 0 Å². The van der Waals surface area contributed by atoms with Gasteiger partial charge < -0.3 is 20.9 Å². The van der Waals surface area contributed by atoms with Gasteiger partial charge in [-0.05, 0) is 17.7 Å². The number of pyridine rings is 1. The van der Waals surface area contributed by atoms with Crippen molar-refractivity contribution in [2.45, 2.75) is 6.54 Å². The van der Waals surface area contributed by atoms with Crippen LogP contribution in [-0.4, -0.2) is 34.3 Å².